The molecule has 1 saturated carbocycles. The Hall–Kier alpha value is -1.54. The molecule has 0 aliphatic heterocycles. The van der Waals surface area contributed by atoms with Crippen LogP contribution in [-0.4, -0.2) is 23.7 Å². The quantitative estimate of drug-likeness (QED) is 0.601. The summed E-state index contributed by atoms with van der Waals surface area (Å²) in [5.74, 6) is 0.853. The molecule has 17 heavy (non-hydrogen) atoms. The van der Waals surface area contributed by atoms with Gasteiger partial charge in [0.05, 0.1) is 12.8 Å². The fourth-order valence-electron chi connectivity index (χ4n) is 2.44. The molecule has 92 valence electrons. The van der Waals surface area contributed by atoms with E-state index in [1.54, 1.807) is 7.11 Å². The van der Waals surface area contributed by atoms with Crippen molar-refractivity contribution in [3.63, 3.8) is 0 Å². The molecule has 0 saturated heterocycles. The monoisotopic (exact) mass is 233 g/mol. The Labute approximate surface area is 102 Å². The highest BCUT2D eigenvalue weighted by Crippen LogP contribution is 2.21. The lowest BCUT2D eigenvalue weighted by atomic mass is 9.95. The van der Waals surface area contributed by atoms with Gasteiger partial charge < -0.3 is 15.6 Å². The zero-order chi connectivity index (χ0) is 12.1. The predicted molar refractivity (Wildman–Crippen MR) is 66.4 cm³/mol. The molecule has 0 aromatic rings. The summed E-state index contributed by atoms with van der Waals surface area (Å²) in [6.45, 7) is 0. The standard InChI is InChI=1S/C13H19N3O/c1-17-13-9-11(16-14)7-8-12(13)15-10-5-3-2-4-6-10/h7-8,10,15H,2-6,9H2,1H3. The van der Waals surface area contributed by atoms with Gasteiger partial charge in [0.1, 0.15) is 12.2 Å². The van der Waals surface area contributed by atoms with E-state index in [1.807, 2.05) is 12.2 Å². The van der Waals surface area contributed by atoms with Gasteiger partial charge in [0.25, 0.3) is 5.71 Å². The van der Waals surface area contributed by atoms with E-state index in [4.69, 9.17) is 10.3 Å². The molecule has 4 nitrogen and oxygen atoms in total. The topological polar surface area (TPSA) is 57.7 Å². The second kappa shape index (κ2) is 5.69. The maximum Gasteiger partial charge on any atom is 0.299 e. The number of hydrogen-bond donors (Lipinski definition) is 1. The highest BCUT2D eigenvalue weighted by molar-refractivity contribution is 5.93. The first kappa shape index (κ1) is 11.9. The van der Waals surface area contributed by atoms with Crippen molar-refractivity contribution < 1.29 is 9.53 Å². The van der Waals surface area contributed by atoms with Gasteiger partial charge in [0, 0.05) is 12.1 Å². The van der Waals surface area contributed by atoms with Crippen LogP contribution in [0.5, 0.6) is 0 Å². The molecule has 1 N–H and O–H groups in total. The Bertz CT molecular complexity index is 385. The maximum absolute atomic E-state index is 8.75. The van der Waals surface area contributed by atoms with Crippen LogP contribution in [0.15, 0.2) is 23.6 Å². The minimum Gasteiger partial charge on any atom is -0.498 e. The van der Waals surface area contributed by atoms with Gasteiger partial charge in [-0.2, -0.15) is 4.79 Å². The number of hydrogen-bond acceptors (Lipinski definition) is 2. The summed E-state index contributed by atoms with van der Waals surface area (Å²) >= 11 is 0. The van der Waals surface area contributed by atoms with Crippen LogP contribution in [0.3, 0.4) is 0 Å². The molecule has 1 fully saturated rings. The zero-order valence-electron chi connectivity index (χ0n) is 10.3. The van der Waals surface area contributed by atoms with E-state index in [0.717, 1.165) is 11.5 Å². The van der Waals surface area contributed by atoms with Crippen LogP contribution < -0.4 is 5.32 Å². The van der Waals surface area contributed by atoms with Crippen molar-refractivity contribution in [2.24, 2.45) is 0 Å². The first-order valence-electron chi connectivity index (χ1n) is 6.26. The van der Waals surface area contributed by atoms with Crippen molar-refractivity contribution in [3.05, 3.63) is 29.1 Å². The van der Waals surface area contributed by atoms with Gasteiger partial charge in [-0.05, 0) is 18.9 Å². The summed E-state index contributed by atoms with van der Waals surface area (Å²) in [4.78, 5) is 3.21. The van der Waals surface area contributed by atoms with Crippen molar-refractivity contribution in [2.45, 2.75) is 44.6 Å². The predicted octanol–water partition coefficient (Wildman–Crippen LogP) is 2.40. The van der Waals surface area contributed by atoms with E-state index < -0.39 is 0 Å². The van der Waals surface area contributed by atoms with Gasteiger partial charge in [0.2, 0.25) is 0 Å². The molecule has 0 unspecified atom stereocenters. The van der Waals surface area contributed by atoms with E-state index in [-0.39, 0.29) is 0 Å². The van der Waals surface area contributed by atoms with Crippen LogP contribution in [0.4, 0.5) is 0 Å². The zero-order valence-corrected chi connectivity index (χ0v) is 10.3. The molecular formula is C13H19N3O. The largest absolute Gasteiger partial charge is 0.498 e. The van der Waals surface area contributed by atoms with E-state index in [0.29, 0.717) is 18.2 Å². The Morgan fingerprint density at radius 2 is 2.06 bits per heavy atom. The molecule has 2 rings (SSSR count). The van der Waals surface area contributed by atoms with Crippen molar-refractivity contribution >= 4 is 5.71 Å². The normalized spacial score (nSPS) is 21.4. The van der Waals surface area contributed by atoms with Gasteiger partial charge in [-0.25, -0.2) is 0 Å². The summed E-state index contributed by atoms with van der Waals surface area (Å²) in [5.41, 5.74) is 10.4. The molecule has 4 heteroatoms. The first-order valence-corrected chi connectivity index (χ1v) is 6.26. The minimum absolute atomic E-state index is 0.554. The molecule has 0 heterocycles. The van der Waals surface area contributed by atoms with Gasteiger partial charge in [-0.1, -0.05) is 19.3 Å². The summed E-state index contributed by atoms with van der Waals surface area (Å²) in [6.07, 6.45) is 10.7. The third-order valence-corrected chi connectivity index (χ3v) is 3.42. The molecule has 2 aliphatic carbocycles. The van der Waals surface area contributed by atoms with Crippen LogP contribution in [0.1, 0.15) is 38.5 Å². The lowest BCUT2D eigenvalue weighted by Gasteiger charge is -2.26. The Morgan fingerprint density at radius 1 is 1.29 bits per heavy atom. The van der Waals surface area contributed by atoms with Crippen LogP contribution in [0.2, 0.25) is 0 Å². The highest BCUT2D eigenvalue weighted by Gasteiger charge is 2.21. The summed E-state index contributed by atoms with van der Waals surface area (Å²) in [6, 6.07) is 0.557. The maximum atomic E-state index is 8.75. The Balaban J connectivity index is 2.05. The SMILES string of the molecule is COC1=C(NC2CCCCC2)C=CC(=[N+]=[N-])C1. The van der Waals surface area contributed by atoms with E-state index in [2.05, 4.69) is 10.1 Å². The molecule has 0 aromatic heterocycles. The number of nitrogens with zero attached hydrogens (tertiary/aromatic N) is 2. The summed E-state index contributed by atoms with van der Waals surface area (Å²) in [5, 5.41) is 3.53. The average molecular weight is 233 g/mol. The Morgan fingerprint density at radius 3 is 2.71 bits per heavy atom. The van der Waals surface area contributed by atoms with Crippen molar-refractivity contribution in [1.82, 2.24) is 5.32 Å². The number of rotatable bonds is 3. The van der Waals surface area contributed by atoms with Crippen molar-refractivity contribution in [3.8, 4) is 0 Å². The second-order valence-corrected chi connectivity index (χ2v) is 4.62. The molecule has 2 aliphatic rings. The lowest BCUT2D eigenvalue weighted by Crippen LogP contribution is -2.31. The first-order chi connectivity index (χ1) is 8.33. The van der Waals surface area contributed by atoms with E-state index >= 15 is 0 Å². The number of allylic oxidation sites excluding steroid dienone is 3. The molecule has 0 spiro atoms. The van der Waals surface area contributed by atoms with Crippen LogP contribution in [-0.2, 0) is 4.74 Å². The van der Waals surface area contributed by atoms with Gasteiger partial charge in [0.15, 0.2) is 0 Å². The fraction of sp³-hybridized carbons (Fsp3) is 0.615. The lowest BCUT2D eigenvalue weighted by molar-refractivity contribution is -0.00671. The van der Waals surface area contributed by atoms with E-state index in [1.165, 1.54) is 32.1 Å². The van der Waals surface area contributed by atoms with Gasteiger partial charge >= 0.3 is 0 Å². The Kier molecular flexibility index (Phi) is 3.99. The third-order valence-electron chi connectivity index (χ3n) is 3.42. The van der Waals surface area contributed by atoms with Crippen LogP contribution in [0, 0.1) is 0 Å². The average Bonchev–Trinajstić information content (AvgIpc) is 2.40. The molecule has 0 atom stereocenters. The molecule has 0 radical (unpaired) electrons. The van der Waals surface area contributed by atoms with Gasteiger partial charge in [-0.3, -0.25) is 0 Å². The molecule has 0 aromatic carbocycles. The van der Waals surface area contributed by atoms with Crippen molar-refractivity contribution in [2.75, 3.05) is 7.11 Å². The van der Waals surface area contributed by atoms with Crippen LogP contribution in [0.25, 0.3) is 5.53 Å². The third kappa shape index (κ3) is 2.98. The number of nitrogens with one attached hydrogen (secondary N) is 1. The number of methoxy groups -OCH3 is 1. The molecule has 0 amide bonds. The second-order valence-electron chi connectivity index (χ2n) is 4.62. The summed E-state index contributed by atoms with van der Waals surface area (Å²) < 4.78 is 5.35. The number of ether oxygens (including phenoxy) is 1. The highest BCUT2D eigenvalue weighted by atomic mass is 16.5. The van der Waals surface area contributed by atoms with Crippen LogP contribution >= 0.6 is 0 Å². The molecular weight excluding hydrogens is 214 g/mol. The summed E-state index contributed by atoms with van der Waals surface area (Å²) in [7, 11) is 1.66. The minimum atomic E-state index is 0.554. The fourth-order valence-corrected chi connectivity index (χ4v) is 2.44. The van der Waals surface area contributed by atoms with Crippen molar-refractivity contribution in [1.29, 1.82) is 0 Å². The smallest absolute Gasteiger partial charge is 0.299 e. The van der Waals surface area contributed by atoms with E-state index in [9.17, 15) is 0 Å². The van der Waals surface area contributed by atoms with Gasteiger partial charge in [-0.15, -0.1) is 0 Å². The molecule has 0 bridgehead atoms.